The van der Waals surface area contributed by atoms with Crippen molar-refractivity contribution in [2.45, 2.75) is 45.9 Å². The van der Waals surface area contributed by atoms with Crippen molar-refractivity contribution < 1.29 is 19.0 Å². The van der Waals surface area contributed by atoms with E-state index in [1.807, 2.05) is 48.5 Å². The van der Waals surface area contributed by atoms with Crippen molar-refractivity contribution in [3.8, 4) is 5.75 Å². The first-order valence-electron chi connectivity index (χ1n) is 10.3. The van der Waals surface area contributed by atoms with Crippen LogP contribution in [-0.2, 0) is 22.8 Å². The fourth-order valence-electron chi connectivity index (χ4n) is 2.96. The second-order valence-electron chi connectivity index (χ2n) is 8.37. The number of hydrogen-bond donors (Lipinski definition) is 0. The van der Waals surface area contributed by atoms with Crippen molar-refractivity contribution in [2.24, 2.45) is 0 Å². The topological polar surface area (TPSA) is 62.6 Å². The highest BCUT2D eigenvalue weighted by molar-refractivity contribution is 6.76. The average Bonchev–Trinajstić information content (AvgIpc) is 3.08. The second-order valence-corrected chi connectivity index (χ2v) is 14.0. The molecule has 30 heavy (non-hydrogen) atoms. The third-order valence-corrected chi connectivity index (χ3v) is 6.35. The summed E-state index contributed by atoms with van der Waals surface area (Å²) in [6.45, 7) is 10.5. The van der Waals surface area contributed by atoms with Crippen molar-refractivity contribution in [1.82, 2.24) is 9.78 Å². The number of fused-ring (bicyclic) bond motifs is 1. The molecule has 3 aromatic rings. The van der Waals surface area contributed by atoms with Crippen LogP contribution in [0.15, 0.2) is 48.5 Å². The molecule has 0 amide bonds. The van der Waals surface area contributed by atoms with Gasteiger partial charge in [0.15, 0.2) is 5.69 Å². The van der Waals surface area contributed by atoms with Crippen molar-refractivity contribution >= 4 is 24.9 Å². The molecule has 6 nitrogen and oxygen atoms in total. The molecule has 7 heteroatoms. The molecule has 0 fully saturated rings. The zero-order valence-electron chi connectivity index (χ0n) is 18.2. The summed E-state index contributed by atoms with van der Waals surface area (Å²) in [4.78, 5) is 12.4. The first-order valence-corrected chi connectivity index (χ1v) is 14.0. The van der Waals surface area contributed by atoms with Crippen molar-refractivity contribution in [1.29, 1.82) is 0 Å². The van der Waals surface area contributed by atoms with Crippen molar-refractivity contribution in [3.05, 3.63) is 59.8 Å². The Morgan fingerprint density at radius 2 is 1.87 bits per heavy atom. The molecule has 0 aliphatic rings. The molecular formula is C23H30N2O4Si. The third kappa shape index (κ3) is 5.93. The first kappa shape index (κ1) is 22.1. The number of ether oxygens (including phenoxy) is 3. The number of hydrogen-bond acceptors (Lipinski definition) is 5. The zero-order valence-corrected chi connectivity index (χ0v) is 19.2. The molecule has 0 atom stereocenters. The van der Waals surface area contributed by atoms with E-state index in [-0.39, 0.29) is 6.73 Å². The Bertz CT molecular complexity index is 980. The van der Waals surface area contributed by atoms with Crippen LogP contribution in [0.2, 0.25) is 25.7 Å². The van der Waals surface area contributed by atoms with Crippen LogP contribution in [0.1, 0.15) is 23.0 Å². The van der Waals surface area contributed by atoms with Gasteiger partial charge in [0.25, 0.3) is 0 Å². The van der Waals surface area contributed by atoms with Crippen LogP contribution in [0.4, 0.5) is 0 Å². The molecule has 0 unspecified atom stereocenters. The van der Waals surface area contributed by atoms with E-state index in [2.05, 4.69) is 24.7 Å². The summed E-state index contributed by atoms with van der Waals surface area (Å²) in [6.07, 6.45) is 0. The molecule has 0 bridgehead atoms. The number of benzene rings is 2. The van der Waals surface area contributed by atoms with Gasteiger partial charge in [0.2, 0.25) is 0 Å². The van der Waals surface area contributed by atoms with Gasteiger partial charge in [-0.05, 0) is 30.7 Å². The van der Waals surface area contributed by atoms with E-state index < -0.39 is 14.0 Å². The summed E-state index contributed by atoms with van der Waals surface area (Å²) in [5, 5.41) is 5.21. The molecule has 0 saturated carbocycles. The number of rotatable bonds is 10. The molecule has 0 radical (unpaired) electrons. The predicted molar refractivity (Wildman–Crippen MR) is 121 cm³/mol. The van der Waals surface area contributed by atoms with E-state index in [9.17, 15) is 4.79 Å². The summed E-state index contributed by atoms with van der Waals surface area (Å²) >= 11 is 0. The Morgan fingerprint density at radius 1 is 1.10 bits per heavy atom. The van der Waals surface area contributed by atoms with E-state index in [4.69, 9.17) is 14.2 Å². The highest BCUT2D eigenvalue weighted by Crippen LogP contribution is 2.25. The standard InChI is InChI=1S/C23H30N2O4Si/c1-5-28-23(26)22-20-12-11-19(29-16-18-9-7-6-8-10-18)15-21(20)25(24-22)17-27-13-14-30(2,3)4/h6-12,15H,5,13-14,16-17H2,1-4H3. The minimum absolute atomic E-state index is 0.280. The molecule has 2 aromatic carbocycles. The molecule has 3 rings (SSSR count). The van der Waals surface area contributed by atoms with Gasteiger partial charge in [0.05, 0.1) is 12.1 Å². The Kier molecular flexibility index (Phi) is 7.28. The monoisotopic (exact) mass is 426 g/mol. The normalized spacial score (nSPS) is 11.6. The molecule has 0 N–H and O–H groups in total. The number of aromatic nitrogens is 2. The summed E-state index contributed by atoms with van der Waals surface area (Å²) in [5.74, 6) is 0.284. The lowest BCUT2D eigenvalue weighted by Gasteiger charge is -2.15. The number of esters is 1. The van der Waals surface area contributed by atoms with Crippen molar-refractivity contribution in [2.75, 3.05) is 13.2 Å². The molecule has 1 heterocycles. The Labute approximate surface area is 178 Å². The van der Waals surface area contributed by atoms with Crippen LogP contribution in [-0.4, -0.2) is 37.0 Å². The van der Waals surface area contributed by atoms with Crippen LogP contribution in [0.25, 0.3) is 10.9 Å². The molecule has 0 saturated heterocycles. The van der Waals surface area contributed by atoms with Crippen LogP contribution in [0.3, 0.4) is 0 Å². The Morgan fingerprint density at radius 3 is 2.57 bits per heavy atom. The van der Waals surface area contributed by atoms with Crippen LogP contribution < -0.4 is 4.74 Å². The zero-order chi connectivity index (χ0) is 21.6. The minimum Gasteiger partial charge on any atom is -0.489 e. The average molecular weight is 427 g/mol. The highest BCUT2D eigenvalue weighted by atomic mass is 28.3. The molecule has 0 spiro atoms. The van der Waals surface area contributed by atoms with E-state index in [1.165, 1.54) is 0 Å². The molecule has 160 valence electrons. The van der Waals surface area contributed by atoms with Gasteiger partial charge in [0.1, 0.15) is 19.1 Å². The van der Waals surface area contributed by atoms with Gasteiger partial charge in [-0.3, -0.25) is 0 Å². The second kappa shape index (κ2) is 9.91. The number of carbonyl (C=O) groups excluding carboxylic acids is 1. The molecular weight excluding hydrogens is 396 g/mol. The van der Waals surface area contributed by atoms with Gasteiger partial charge in [-0.15, -0.1) is 0 Å². The quantitative estimate of drug-likeness (QED) is 0.256. The van der Waals surface area contributed by atoms with Gasteiger partial charge in [-0.2, -0.15) is 5.10 Å². The van der Waals surface area contributed by atoms with Crippen LogP contribution >= 0.6 is 0 Å². The predicted octanol–water partition coefficient (Wildman–Crippen LogP) is 5.10. The Balaban J connectivity index is 1.81. The summed E-state index contributed by atoms with van der Waals surface area (Å²) < 4.78 is 18.7. The fraction of sp³-hybridized carbons (Fsp3) is 0.391. The van der Waals surface area contributed by atoms with Crippen LogP contribution in [0, 0.1) is 0 Å². The van der Waals surface area contributed by atoms with Gasteiger partial charge in [0, 0.05) is 26.1 Å². The van der Waals surface area contributed by atoms with Crippen molar-refractivity contribution in [3.63, 3.8) is 0 Å². The minimum atomic E-state index is -1.17. The van der Waals surface area contributed by atoms with E-state index in [0.29, 0.717) is 31.3 Å². The summed E-state index contributed by atoms with van der Waals surface area (Å²) in [6, 6.07) is 16.7. The maximum absolute atomic E-state index is 12.4. The maximum Gasteiger partial charge on any atom is 0.359 e. The van der Waals surface area contributed by atoms with Gasteiger partial charge < -0.3 is 14.2 Å². The number of nitrogens with zero attached hydrogens (tertiary/aromatic N) is 2. The van der Waals surface area contributed by atoms with Gasteiger partial charge in [-0.25, -0.2) is 9.48 Å². The molecule has 1 aromatic heterocycles. The SMILES string of the molecule is CCOC(=O)c1nn(COCC[Si](C)(C)C)c2cc(OCc3ccccc3)ccc12. The highest BCUT2D eigenvalue weighted by Gasteiger charge is 2.19. The van der Waals surface area contributed by atoms with Gasteiger partial charge in [-0.1, -0.05) is 50.0 Å². The lowest BCUT2D eigenvalue weighted by atomic mass is 10.2. The van der Waals surface area contributed by atoms with Crippen LogP contribution in [0.5, 0.6) is 5.75 Å². The van der Waals surface area contributed by atoms with E-state index >= 15 is 0 Å². The number of carbonyl (C=O) groups is 1. The summed E-state index contributed by atoms with van der Waals surface area (Å²) in [7, 11) is -1.17. The molecule has 0 aliphatic carbocycles. The third-order valence-electron chi connectivity index (χ3n) is 4.65. The Hall–Kier alpha value is -2.64. The lowest BCUT2D eigenvalue weighted by molar-refractivity contribution is 0.0513. The van der Waals surface area contributed by atoms with Gasteiger partial charge >= 0.3 is 5.97 Å². The smallest absolute Gasteiger partial charge is 0.359 e. The fourth-order valence-corrected chi connectivity index (χ4v) is 3.72. The summed E-state index contributed by atoms with van der Waals surface area (Å²) in [5.41, 5.74) is 2.18. The maximum atomic E-state index is 12.4. The van der Waals surface area contributed by atoms with E-state index in [0.717, 1.165) is 22.5 Å². The first-order chi connectivity index (χ1) is 14.4. The van der Waals surface area contributed by atoms with E-state index in [1.54, 1.807) is 11.6 Å². The largest absolute Gasteiger partial charge is 0.489 e. The molecule has 0 aliphatic heterocycles. The lowest BCUT2D eigenvalue weighted by Crippen LogP contribution is -2.22.